The molecule has 102 valence electrons. The molecule has 0 saturated carbocycles. The van der Waals surface area contributed by atoms with E-state index in [1.54, 1.807) is 11.3 Å². The second-order valence-electron chi connectivity index (χ2n) is 4.73. The molecule has 2 aromatic heterocycles. The largest absolute Gasteiger partial charge is 0.296 e. The fraction of sp³-hybridized carbons (Fsp3) is 0.200. The third-order valence-corrected chi connectivity index (χ3v) is 4.48. The molecule has 3 rings (SSSR count). The van der Waals surface area contributed by atoms with Crippen LogP contribution in [0, 0.1) is 0 Å². The minimum Gasteiger partial charge on any atom is -0.296 e. The molecule has 0 atom stereocenters. The van der Waals surface area contributed by atoms with Crippen molar-refractivity contribution in [1.82, 2.24) is 14.3 Å². The summed E-state index contributed by atoms with van der Waals surface area (Å²) in [7, 11) is 2.12. The van der Waals surface area contributed by atoms with Crippen molar-refractivity contribution in [3.8, 4) is 10.4 Å². The molecule has 0 aliphatic carbocycles. The lowest BCUT2D eigenvalue weighted by Gasteiger charge is -2.15. The number of hydrogen-bond donors (Lipinski definition) is 0. The summed E-state index contributed by atoms with van der Waals surface area (Å²) in [5, 5.41) is 2.10. The highest BCUT2D eigenvalue weighted by atomic mass is 32.1. The predicted molar refractivity (Wildman–Crippen MR) is 84.8 cm³/mol. The Kier molecular flexibility index (Phi) is 4.20. The number of aromatic nitrogens is 2. The van der Waals surface area contributed by atoms with E-state index in [0.717, 1.165) is 18.8 Å². The van der Waals surface area contributed by atoms with E-state index in [1.165, 1.54) is 27.5 Å². The molecule has 1 aromatic carbocycles. The summed E-state index contributed by atoms with van der Waals surface area (Å²) >= 11 is 3.18. The summed E-state index contributed by atoms with van der Waals surface area (Å²) in [6.07, 6.45) is 1.84. The van der Waals surface area contributed by atoms with Crippen LogP contribution in [0.1, 0.15) is 11.3 Å². The first-order chi connectivity index (χ1) is 9.81. The van der Waals surface area contributed by atoms with E-state index in [0.29, 0.717) is 0 Å². The van der Waals surface area contributed by atoms with Gasteiger partial charge >= 0.3 is 0 Å². The molecular formula is C15H15N3S2. The SMILES string of the molecule is CN(Cc1ccc(-c2ccns2)cc1)Cc1cscn1. The van der Waals surface area contributed by atoms with Gasteiger partial charge in [-0.3, -0.25) is 4.90 Å². The van der Waals surface area contributed by atoms with Gasteiger partial charge in [0.25, 0.3) is 0 Å². The Balaban J connectivity index is 1.63. The molecule has 0 aliphatic heterocycles. The van der Waals surface area contributed by atoms with Crippen molar-refractivity contribution in [2.24, 2.45) is 0 Å². The Labute approximate surface area is 126 Å². The van der Waals surface area contributed by atoms with Crippen molar-refractivity contribution < 1.29 is 0 Å². The number of nitrogens with zero attached hydrogens (tertiary/aromatic N) is 3. The Morgan fingerprint density at radius 3 is 2.60 bits per heavy atom. The van der Waals surface area contributed by atoms with Crippen molar-refractivity contribution in [3.05, 3.63) is 58.7 Å². The molecule has 0 radical (unpaired) electrons. The number of rotatable bonds is 5. The summed E-state index contributed by atoms with van der Waals surface area (Å²) in [5.41, 5.74) is 5.57. The fourth-order valence-corrected chi connectivity index (χ4v) is 3.25. The van der Waals surface area contributed by atoms with Gasteiger partial charge in [0, 0.05) is 24.7 Å². The smallest absolute Gasteiger partial charge is 0.0795 e. The van der Waals surface area contributed by atoms with Crippen LogP contribution >= 0.6 is 22.9 Å². The van der Waals surface area contributed by atoms with E-state index in [2.05, 4.69) is 51.0 Å². The monoisotopic (exact) mass is 301 g/mol. The third-order valence-electron chi connectivity index (χ3n) is 3.04. The third kappa shape index (κ3) is 3.30. The zero-order chi connectivity index (χ0) is 13.8. The van der Waals surface area contributed by atoms with Gasteiger partial charge in [-0.15, -0.1) is 11.3 Å². The highest BCUT2D eigenvalue weighted by molar-refractivity contribution is 7.09. The van der Waals surface area contributed by atoms with Crippen molar-refractivity contribution in [3.63, 3.8) is 0 Å². The van der Waals surface area contributed by atoms with Gasteiger partial charge in [-0.25, -0.2) is 9.36 Å². The van der Waals surface area contributed by atoms with Gasteiger partial charge in [0.1, 0.15) is 0 Å². The van der Waals surface area contributed by atoms with E-state index < -0.39 is 0 Å². The van der Waals surface area contributed by atoms with Crippen LogP contribution in [0.5, 0.6) is 0 Å². The first-order valence-electron chi connectivity index (χ1n) is 6.37. The Morgan fingerprint density at radius 2 is 1.95 bits per heavy atom. The van der Waals surface area contributed by atoms with Crippen LogP contribution in [-0.4, -0.2) is 21.3 Å². The molecule has 20 heavy (non-hydrogen) atoms. The van der Waals surface area contributed by atoms with Gasteiger partial charge in [-0.2, -0.15) is 0 Å². The van der Waals surface area contributed by atoms with E-state index in [1.807, 2.05) is 17.8 Å². The fourth-order valence-electron chi connectivity index (χ4n) is 2.10. The van der Waals surface area contributed by atoms with Crippen molar-refractivity contribution in [1.29, 1.82) is 0 Å². The Hall–Kier alpha value is -1.56. The second kappa shape index (κ2) is 6.26. The average molecular weight is 301 g/mol. The lowest BCUT2D eigenvalue weighted by Crippen LogP contribution is -2.17. The van der Waals surface area contributed by atoms with Crippen LogP contribution in [0.2, 0.25) is 0 Å². The molecule has 0 unspecified atom stereocenters. The number of thiazole rings is 1. The number of hydrogen-bond acceptors (Lipinski definition) is 5. The van der Waals surface area contributed by atoms with Gasteiger partial charge in [0.2, 0.25) is 0 Å². The molecule has 5 heteroatoms. The first-order valence-corrected chi connectivity index (χ1v) is 8.08. The Bertz CT molecular complexity index is 630. The second-order valence-corrected chi connectivity index (χ2v) is 6.28. The van der Waals surface area contributed by atoms with Crippen LogP contribution < -0.4 is 0 Å². The first kappa shape index (κ1) is 13.4. The molecule has 0 aliphatic rings. The summed E-state index contributed by atoms with van der Waals surface area (Å²) in [5.74, 6) is 0. The van der Waals surface area contributed by atoms with Gasteiger partial charge in [0.05, 0.1) is 16.1 Å². The van der Waals surface area contributed by atoms with E-state index in [4.69, 9.17) is 0 Å². The molecule has 0 spiro atoms. The molecule has 0 bridgehead atoms. The maximum Gasteiger partial charge on any atom is 0.0795 e. The standard InChI is InChI=1S/C15H15N3S2/c1-18(9-14-10-19-11-16-14)8-12-2-4-13(5-3-12)15-6-7-17-20-15/h2-7,10-11H,8-9H2,1H3. The van der Waals surface area contributed by atoms with Crippen LogP contribution in [-0.2, 0) is 13.1 Å². The quantitative estimate of drug-likeness (QED) is 0.715. The van der Waals surface area contributed by atoms with E-state index in [-0.39, 0.29) is 0 Å². The van der Waals surface area contributed by atoms with Crippen LogP contribution in [0.25, 0.3) is 10.4 Å². The normalized spacial score (nSPS) is 11.1. The van der Waals surface area contributed by atoms with Crippen LogP contribution in [0.15, 0.2) is 47.4 Å². The lowest BCUT2D eigenvalue weighted by atomic mass is 10.1. The molecular weight excluding hydrogens is 286 g/mol. The highest BCUT2D eigenvalue weighted by Crippen LogP contribution is 2.23. The molecule has 0 amide bonds. The highest BCUT2D eigenvalue weighted by Gasteiger charge is 2.04. The topological polar surface area (TPSA) is 29.0 Å². The van der Waals surface area contributed by atoms with Crippen LogP contribution in [0.3, 0.4) is 0 Å². The lowest BCUT2D eigenvalue weighted by molar-refractivity contribution is 0.316. The molecule has 0 saturated heterocycles. The van der Waals surface area contributed by atoms with Gasteiger partial charge < -0.3 is 0 Å². The molecule has 0 fully saturated rings. The Morgan fingerprint density at radius 1 is 1.10 bits per heavy atom. The maximum atomic E-state index is 4.32. The molecule has 3 aromatic rings. The molecule has 3 nitrogen and oxygen atoms in total. The van der Waals surface area contributed by atoms with Gasteiger partial charge in [0.15, 0.2) is 0 Å². The van der Waals surface area contributed by atoms with Crippen molar-refractivity contribution in [2.45, 2.75) is 13.1 Å². The van der Waals surface area contributed by atoms with Gasteiger partial charge in [-0.05, 0) is 35.8 Å². The summed E-state index contributed by atoms with van der Waals surface area (Å²) in [6, 6.07) is 10.8. The predicted octanol–water partition coefficient (Wildman–Crippen LogP) is 3.90. The zero-order valence-electron chi connectivity index (χ0n) is 11.2. The zero-order valence-corrected chi connectivity index (χ0v) is 12.8. The minimum atomic E-state index is 0.889. The number of benzene rings is 1. The molecule has 0 N–H and O–H groups in total. The summed E-state index contributed by atoms with van der Waals surface area (Å²) in [4.78, 5) is 7.81. The van der Waals surface area contributed by atoms with E-state index >= 15 is 0 Å². The maximum absolute atomic E-state index is 4.32. The van der Waals surface area contributed by atoms with E-state index in [9.17, 15) is 0 Å². The average Bonchev–Trinajstić information content (AvgIpc) is 3.12. The molecule has 2 heterocycles. The van der Waals surface area contributed by atoms with Gasteiger partial charge in [-0.1, -0.05) is 24.3 Å². The summed E-state index contributed by atoms with van der Waals surface area (Å²) < 4.78 is 4.14. The minimum absolute atomic E-state index is 0.889. The van der Waals surface area contributed by atoms with Crippen LogP contribution in [0.4, 0.5) is 0 Å². The van der Waals surface area contributed by atoms with Crippen molar-refractivity contribution >= 4 is 22.9 Å². The summed E-state index contributed by atoms with van der Waals surface area (Å²) in [6.45, 7) is 1.82. The van der Waals surface area contributed by atoms with Crippen molar-refractivity contribution in [2.75, 3.05) is 7.05 Å².